The van der Waals surface area contributed by atoms with Crippen LogP contribution >= 0.6 is 7.92 Å². The van der Waals surface area contributed by atoms with E-state index in [1.165, 1.54) is 20.8 Å². The lowest BCUT2D eigenvalue weighted by Crippen LogP contribution is -2.66. The highest BCUT2D eigenvalue weighted by molar-refractivity contribution is 7.80. The van der Waals surface area contributed by atoms with Gasteiger partial charge in [0.05, 0.1) is 6.61 Å². The zero-order chi connectivity index (χ0) is 34.8. The van der Waals surface area contributed by atoms with Gasteiger partial charge in [-0.05, 0) is 35.5 Å². The van der Waals surface area contributed by atoms with Crippen molar-refractivity contribution in [2.75, 3.05) is 6.61 Å². The third-order valence-corrected chi connectivity index (χ3v) is 10.2. The van der Waals surface area contributed by atoms with Crippen molar-refractivity contribution < 1.29 is 42.9 Å². The van der Waals surface area contributed by atoms with Crippen LogP contribution in [0.25, 0.3) is 0 Å². The van der Waals surface area contributed by atoms with Gasteiger partial charge in [0, 0.05) is 26.3 Å². The Kier molecular flexibility index (Phi) is 12.3. The molecule has 4 aromatic carbocycles. The topological polar surface area (TPSA) is 126 Å². The molecule has 1 N–H and O–H groups in total. The molecule has 1 saturated heterocycles. The van der Waals surface area contributed by atoms with Crippen molar-refractivity contribution in [1.82, 2.24) is 5.32 Å². The largest absolute Gasteiger partial charge is 0.463 e. The number of esters is 3. The summed E-state index contributed by atoms with van der Waals surface area (Å²) >= 11 is 0. The molecule has 254 valence electrons. The molecule has 1 aliphatic heterocycles. The summed E-state index contributed by atoms with van der Waals surface area (Å²) in [7, 11) is -1.16. The van der Waals surface area contributed by atoms with Gasteiger partial charge in [-0.2, -0.15) is 0 Å². The van der Waals surface area contributed by atoms with Gasteiger partial charge in [-0.3, -0.25) is 19.2 Å². The Morgan fingerprint density at radius 3 is 1.78 bits per heavy atom. The molecule has 1 amide bonds. The molecular formula is C38H38NO9P. The van der Waals surface area contributed by atoms with Crippen LogP contribution < -0.4 is 21.2 Å². The molecule has 1 heterocycles. The van der Waals surface area contributed by atoms with Crippen LogP contribution in [0, 0.1) is 0 Å². The summed E-state index contributed by atoms with van der Waals surface area (Å²) in [6.45, 7) is 3.40. The van der Waals surface area contributed by atoms with E-state index < -0.39 is 62.4 Å². The van der Waals surface area contributed by atoms with E-state index in [1.807, 2.05) is 103 Å². The van der Waals surface area contributed by atoms with E-state index in [-0.39, 0.29) is 13.2 Å². The van der Waals surface area contributed by atoms with Crippen LogP contribution in [0.4, 0.5) is 0 Å². The quantitative estimate of drug-likeness (QED) is 0.134. The molecule has 0 bridgehead atoms. The minimum atomic E-state index is -1.27. The molecule has 11 heteroatoms. The van der Waals surface area contributed by atoms with Crippen molar-refractivity contribution >= 4 is 47.7 Å². The molecule has 4 aromatic rings. The van der Waals surface area contributed by atoms with Gasteiger partial charge in [0.2, 0.25) is 0 Å². The van der Waals surface area contributed by atoms with Crippen LogP contribution in [0.5, 0.6) is 0 Å². The molecule has 0 aliphatic carbocycles. The highest BCUT2D eigenvalue weighted by atomic mass is 31.1. The van der Waals surface area contributed by atoms with Crippen LogP contribution in [-0.2, 0) is 44.7 Å². The Morgan fingerprint density at radius 1 is 0.673 bits per heavy atom. The number of amides is 1. The maximum Gasteiger partial charge on any atom is 0.303 e. The van der Waals surface area contributed by atoms with E-state index in [4.69, 9.17) is 23.7 Å². The average molecular weight is 684 g/mol. The summed E-state index contributed by atoms with van der Waals surface area (Å²) in [5.41, 5.74) is 1.22. The van der Waals surface area contributed by atoms with Crippen LogP contribution in [0.15, 0.2) is 115 Å². The zero-order valence-electron chi connectivity index (χ0n) is 27.4. The Balaban J connectivity index is 1.55. The fraction of sp³-hybridized carbons (Fsp3) is 0.263. The predicted octanol–water partition coefficient (Wildman–Crippen LogP) is 3.91. The lowest BCUT2D eigenvalue weighted by molar-refractivity contribution is -0.279. The standard InChI is InChI=1S/C38H38NO9P/c1-25(40)44-24-32-35(46-26(2)41)36(47-27(3)42)34(38(48-32)45-23-28-15-7-4-8-16-28)39-37(43)31-21-13-14-22-33(31)49(29-17-9-5-10-18-29)30-19-11-6-12-20-30/h4-22,32,34-36,38H,23-24H2,1-3H3,(H,39,43)/t32-,34-,35-,36-,38-/m1/s1. The molecule has 1 aliphatic rings. The zero-order valence-corrected chi connectivity index (χ0v) is 28.3. The maximum atomic E-state index is 14.4. The molecular weight excluding hydrogens is 645 g/mol. The van der Waals surface area contributed by atoms with E-state index in [0.717, 1.165) is 21.5 Å². The van der Waals surface area contributed by atoms with Crippen molar-refractivity contribution in [2.45, 2.75) is 58.0 Å². The summed E-state index contributed by atoms with van der Waals surface area (Å²) in [6, 6.07) is 35.4. The van der Waals surface area contributed by atoms with E-state index in [2.05, 4.69) is 5.32 Å². The number of nitrogens with one attached hydrogen (secondary N) is 1. The van der Waals surface area contributed by atoms with Gasteiger partial charge in [0.25, 0.3) is 5.91 Å². The molecule has 5 rings (SSSR count). The number of hydrogen-bond donors (Lipinski definition) is 1. The van der Waals surface area contributed by atoms with E-state index >= 15 is 0 Å². The van der Waals surface area contributed by atoms with Gasteiger partial charge in [0.1, 0.15) is 18.8 Å². The smallest absolute Gasteiger partial charge is 0.303 e. The van der Waals surface area contributed by atoms with E-state index in [9.17, 15) is 19.2 Å². The van der Waals surface area contributed by atoms with Crippen LogP contribution in [0.1, 0.15) is 36.7 Å². The lowest BCUT2D eigenvalue weighted by atomic mass is 9.95. The van der Waals surface area contributed by atoms with Crippen LogP contribution in [0.2, 0.25) is 0 Å². The molecule has 49 heavy (non-hydrogen) atoms. The summed E-state index contributed by atoms with van der Waals surface area (Å²) < 4.78 is 29.1. The summed E-state index contributed by atoms with van der Waals surface area (Å²) in [6.07, 6.45) is -4.80. The summed E-state index contributed by atoms with van der Waals surface area (Å²) in [4.78, 5) is 51.1. The monoisotopic (exact) mass is 683 g/mol. The molecule has 0 saturated carbocycles. The minimum absolute atomic E-state index is 0.0765. The number of carbonyl (C=O) groups excluding carboxylic acids is 4. The molecule has 0 radical (unpaired) electrons. The fourth-order valence-corrected chi connectivity index (χ4v) is 8.07. The third-order valence-electron chi connectivity index (χ3n) is 7.67. The summed E-state index contributed by atoms with van der Waals surface area (Å²) in [5, 5.41) is 5.92. The average Bonchev–Trinajstić information content (AvgIpc) is 3.10. The normalized spacial score (nSPS) is 20.2. The van der Waals surface area contributed by atoms with Gasteiger partial charge in [0.15, 0.2) is 18.5 Å². The van der Waals surface area contributed by atoms with Crippen molar-refractivity contribution in [2.24, 2.45) is 0 Å². The maximum absolute atomic E-state index is 14.4. The number of hydrogen-bond acceptors (Lipinski definition) is 9. The van der Waals surface area contributed by atoms with Crippen LogP contribution in [0.3, 0.4) is 0 Å². The van der Waals surface area contributed by atoms with Gasteiger partial charge >= 0.3 is 17.9 Å². The Labute approximate surface area is 286 Å². The second kappa shape index (κ2) is 17.0. The van der Waals surface area contributed by atoms with Gasteiger partial charge < -0.3 is 29.0 Å². The summed E-state index contributed by atoms with van der Waals surface area (Å²) in [5.74, 6) is -2.44. The first-order valence-corrected chi connectivity index (χ1v) is 17.1. The fourth-order valence-electron chi connectivity index (χ4n) is 5.62. The number of carbonyl (C=O) groups is 4. The Morgan fingerprint density at radius 2 is 1.20 bits per heavy atom. The van der Waals surface area contributed by atoms with Crippen molar-refractivity contribution in [1.29, 1.82) is 0 Å². The Hall–Kier alpha value is -4.89. The number of rotatable bonds is 12. The number of benzene rings is 4. The molecule has 0 unspecified atom stereocenters. The van der Waals surface area contributed by atoms with E-state index in [0.29, 0.717) is 5.56 Å². The van der Waals surface area contributed by atoms with Crippen LogP contribution in [-0.4, -0.2) is 61.1 Å². The molecule has 0 spiro atoms. The van der Waals surface area contributed by atoms with Crippen molar-refractivity contribution in [3.8, 4) is 0 Å². The molecule has 0 aromatic heterocycles. The number of ether oxygens (including phenoxy) is 5. The second-order valence-corrected chi connectivity index (χ2v) is 13.5. The first-order valence-electron chi connectivity index (χ1n) is 15.8. The minimum Gasteiger partial charge on any atom is -0.463 e. The molecule has 1 fully saturated rings. The van der Waals surface area contributed by atoms with Crippen molar-refractivity contribution in [3.63, 3.8) is 0 Å². The lowest BCUT2D eigenvalue weighted by Gasteiger charge is -2.45. The highest BCUT2D eigenvalue weighted by Gasteiger charge is 2.51. The SMILES string of the molecule is CC(=O)OC[C@H]1O[C@@H](OCc2ccccc2)[C@H](NC(=O)c2ccccc2P(c2ccccc2)c2ccccc2)[C@@H](OC(C)=O)[C@@H]1OC(C)=O. The second-order valence-electron chi connectivity index (χ2n) is 11.3. The first-order chi connectivity index (χ1) is 23.7. The Bertz CT molecular complexity index is 1680. The highest BCUT2D eigenvalue weighted by Crippen LogP contribution is 2.34. The molecule has 5 atom stereocenters. The third kappa shape index (κ3) is 9.38. The predicted molar refractivity (Wildman–Crippen MR) is 184 cm³/mol. The van der Waals surface area contributed by atoms with Gasteiger partial charge in [-0.15, -0.1) is 0 Å². The van der Waals surface area contributed by atoms with Gasteiger partial charge in [-0.1, -0.05) is 109 Å². The molecule has 10 nitrogen and oxygen atoms in total. The van der Waals surface area contributed by atoms with E-state index in [1.54, 1.807) is 12.1 Å². The van der Waals surface area contributed by atoms with Crippen molar-refractivity contribution in [3.05, 3.63) is 126 Å². The van der Waals surface area contributed by atoms with Gasteiger partial charge in [-0.25, -0.2) is 0 Å². The first kappa shape index (κ1) is 35.4.